The molecule has 0 atom stereocenters. The minimum atomic E-state index is -0.579. The second-order valence-corrected chi connectivity index (χ2v) is 7.17. The summed E-state index contributed by atoms with van der Waals surface area (Å²) in [5, 5.41) is 5.01. The van der Waals surface area contributed by atoms with E-state index < -0.39 is 17.6 Å². The number of carbonyl (C=O) groups is 3. The molecule has 0 spiro atoms. The molecule has 136 valence electrons. The first kappa shape index (κ1) is 17.4. The number of amides is 2. The van der Waals surface area contributed by atoms with Crippen molar-refractivity contribution in [2.75, 3.05) is 11.4 Å². The summed E-state index contributed by atoms with van der Waals surface area (Å²) in [6, 6.07) is 12.6. The monoisotopic (exact) mass is 426 g/mol. The number of ketones is 1. The molecule has 0 radical (unpaired) electrons. The van der Waals surface area contributed by atoms with Gasteiger partial charge in [0.2, 0.25) is 0 Å². The Labute approximate surface area is 162 Å². The number of nitrogens with two attached hydrogens (primary N) is 1. The van der Waals surface area contributed by atoms with Gasteiger partial charge in [-0.05, 0) is 30.7 Å². The number of para-hydroxylation sites is 1. The molecular weight excluding hydrogens is 412 g/mol. The molecule has 1 aliphatic heterocycles. The zero-order valence-electron chi connectivity index (χ0n) is 14.2. The Bertz CT molecular complexity index is 1110. The van der Waals surface area contributed by atoms with E-state index in [0.717, 1.165) is 9.99 Å². The van der Waals surface area contributed by atoms with Crippen molar-refractivity contribution in [3.05, 3.63) is 58.2 Å². The lowest BCUT2D eigenvalue weighted by atomic mass is 10.1. The van der Waals surface area contributed by atoms with Crippen LogP contribution in [0, 0.1) is 0 Å². The van der Waals surface area contributed by atoms with Crippen molar-refractivity contribution >= 4 is 50.1 Å². The fourth-order valence-corrected chi connectivity index (χ4v) is 3.71. The van der Waals surface area contributed by atoms with Crippen molar-refractivity contribution in [1.82, 2.24) is 9.78 Å². The van der Waals surface area contributed by atoms with Crippen LogP contribution in [-0.2, 0) is 11.3 Å². The first-order chi connectivity index (χ1) is 13.0. The topological polar surface area (TPSA) is 98.3 Å². The van der Waals surface area contributed by atoms with Crippen LogP contribution in [0.4, 0.5) is 5.69 Å². The van der Waals surface area contributed by atoms with Gasteiger partial charge in [-0.3, -0.25) is 19.1 Å². The maximum Gasteiger partial charge on any atom is 0.299 e. The lowest BCUT2D eigenvalue weighted by molar-refractivity contribution is -0.114. The Morgan fingerprint density at radius 1 is 1.11 bits per heavy atom. The quantitative estimate of drug-likeness (QED) is 0.633. The number of anilines is 1. The smallest absolute Gasteiger partial charge is 0.299 e. The maximum atomic E-state index is 12.3. The molecule has 2 heterocycles. The molecule has 0 fully saturated rings. The lowest BCUT2D eigenvalue weighted by Gasteiger charge is -2.16. The van der Waals surface area contributed by atoms with E-state index in [1.54, 1.807) is 28.9 Å². The first-order valence-corrected chi connectivity index (χ1v) is 9.18. The van der Waals surface area contributed by atoms with Gasteiger partial charge >= 0.3 is 0 Å². The van der Waals surface area contributed by atoms with Gasteiger partial charge in [-0.15, -0.1) is 0 Å². The molecule has 1 aromatic heterocycles. The second kappa shape index (κ2) is 6.62. The van der Waals surface area contributed by atoms with Crippen LogP contribution in [-0.4, -0.2) is 33.9 Å². The summed E-state index contributed by atoms with van der Waals surface area (Å²) in [6.07, 6.45) is 0.568. The molecule has 2 aromatic carbocycles. The van der Waals surface area contributed by atoms with Crippen LogP contribution in [0.5, 0.6) is 0 Å². The fourth-order valence-electron chi connectivity index (χ4n) is 3.35. The highest BCUT2D eigenvalue weighted by atomic mass is 79.9. The predicted octanol–water partition coefficient (Wildman–Crippen LogP) is 2.52. The van der Waals surface area contributed by atoms with E-state index in [1.165, 1.54) is 4.90 Å². The van der Waals surface area contributed by atoms with Crippen LogP contribution in [0.1, 0.15) is 27.3 Å². The number of aryl methyl sites for hydroxylation is 1. The Hall–Kier alpha value is -3.00. The molecule has 0 unspecified atom stereocenters. The average Bonchev–Trinajstić information content (AvgIpc) is 3.13. The Morgan fingerprint density at radius 3 is 2.67 bits per heavy atom. The van der Waals surface area contributed by atoms with Crippen molar-refractivity contribution in [3.8, 4) is 0 Å². The molecule has 4 rings (SSSR count). The van der Waals surface area contributed by atoms with Gasteiger partial charge in [0.05, 0.1) is 16.8 Å². The molecule has 0 bridgehead atoms. The summed E-state index contributed by atoms with van der Waals surface area (Å²) in [5.41, 5.74) is 7.48. The number of fused-ring (bicyclic) bond motifs is 2. The van der Waals surface area contributed by atoms with E-state index in [-0.39, 0.29) is 5.69 Å². The fraction of sp³-hybridized carbons (Fsp3) is 0.158. The van der Waals surface area contributed by atoms with Gasteiger partial charge in [-0.1, -0.05) is 34.1 Å². The van der Waals surface area contributed by atoms with Gasteiger partial charge < -0.3 is 10.6 Å². The van der Waals surface area contributed by atoms with Crippen LogP contribution in [0.2, 0.25) is 0 Å². The highest BCUT2D eigenvalue weighted by Crippen LogP contribution is 2.31. The number of primary amides is 1. The third-order valence-electron chi connectivity index (χ3n) is 4.58. The molecule has 0 aliphatic carbocycles. The normalized spacial score (nSPS) is 13.4. The van der Waals surface area contributed by atoms with E-state index >= 15 is 0 Å². The summed E-state index contributed by atoms with van der Waals surface area (Å²) < 4.78 is 2.46. The molecule has 7 nitrogen and oxygen atoms in total. The second-order valence-electron chi connectivity index (χ2n) is 6.25. The zero-order valence-corrected chi connectivity index (χ0v) is 15.8. The average molecular weight is 427 g/mol. The van der Waals surface area contributed by atoms with Gasteiger partial charge in [-0.2, -0.15) is 5.10 Å². The van der Waals surface area contributed by atoms with Crippen molar-refractivity contribution in [1.29, 1.82) is 0 Å². The van der Waals surface area contributed by atoms with E-state index in [2.05, 4.69) is 21.0 Å². The number of rotatable bonds is 5. The van der Waals surface area contributed by atoms with Crippen LogP contribution >= 0.6 is 15.9 Å². The number of halogens is 1. The van der Waals surface area contributed by atoms with Crippen LogP contribution < -0.4 is 10.6 Å². The number of Topliss-reactive ketones (excluding diaryl/α,β-unsaturated/α-hetero) is 1. The number of nitrogens with zero attached hydrogens (tertiary/aromatic N) is 3. The van der Waals surface area contributed by atoms with Crippen molar-refractivity contribution in [2.45, 2.75) is 13.0 Å². The van der Waals surface area contributed by atoms with Gasteiger partial charge in [0.1, 0.15) is 0 Å². The summed E-state index contributed by atoms with van der Waals surface area (Å²) in [7, 11) is 0. The maximum absolute atomic E-state index is 12.3. The highest BCUT2D eigenvalue weighted by Gasteiger charge is 2.35. The van der Waals surface area contributed by atoms with E-state index in [4.69, 9.17) is 5.73 Å². The molecule has 2 N–H and O–H groups in total. The molecule has 0 saturated carbocycles. The number of hydrogen-bond acceptors (Lipinski definition) is 4. The first-order valence-electron chi connectivity index (χ1n) is 8.38. The van der Waals surface area contributed by atoms with E-state index in [1.807, 2.05) is 18.2 Å². The summed E-state index contributed by atoms with van der Waals surface area (Å²) in [6.45, 7) is 0.858. The summed E-state index contributed by atoms with van der Waals surface area (Å²) in [4.78, 5) is 37.6. The standard InChI is InChI=1S/C19H15BrN4O3/c20-11-6-7-14-13(10-11)17(25)19(27)23(14)8-3-9-24-15-5-2-1-4-12(15)16(22-24)18(21)26/h1-2,4-7,10H,3,8-9H2,(H2,21,26). The molecule has 27 heavy (non-hydrogen) atoms. The van der Waals surface area contributed by atoms with Gasteiger partial charge in [-0.25, -0.2) is 0 Å². The lowest BCUT2D eigenvalue weighted by Crippen LogP contribution is -2.31. The Kier molecular flexibility index (Phi) is 4.27. The zero-order chi connectivity index (χ0) is 19.1. The van der Waals surface area contributed by atoms with Crippen molar-refractivity contribution in [2.24, 2.45) is 5.73 Å². The van der Waals surface area contributed by atoms with E-state index in [9.17, 15) is 14.4 Å². The van der Waals surface area contributed by atoms with Gasteiger partial charge in [0.25, 0.3) is 17.6 Å². The third kappa shape index (κ3) is 2.91. The largest absolute Gasteiger partial charge is 0.364 e. The van der Waals surface area contributed by atoms with E-state index in [0.29, 0.717) is 36.1 Å². The Morgan fingerprint density at radius 2 is 1.89 bits per heavy atom. The third-order valence-corrected chi connectivity index (χ3v) is 5.07. The van der Waals surface area contributed by atoms with Crippen molar-refractivity contribution < 1.29 is 14.4 Å². The molecule has 0 saturated heterocycles. The van der Waals surface area contributed by atoms with Gasteiger partial charge in [0, 0.05) is 22.9 Å². The number of aromatic nitrogens is 2. The van der Waals surface area contributed by atoms with Crippen molar-refractivity contribution in [3.63, 3.8) is 0 Å². The molecule has 8 heteroatoms. The summed E-state index contributed by atoms with van der Waals surface area (Å²) in [5.74, 6) is -1.59. The molecular formula is C19H15BrN4O3. The number of hydrogen-bond donors (Lipinski definition) is 1. The molecule has 3 aromatic rings. The predicted molar refractivity (Wildman–Crippen MR) is 104 cm³/mol. The van der Waals surface area contributed by atoms with Crippen LogP contribution in [0.25, 0.3) is 10.9 Å². The number of benzene rings is 2. The SMILES string of the molecule is NC(=O)c1nn(CCCN2C(=O)C(=O)c3cc(Br)ccc32)c2ccccc12. The minimum absolute atomic E-state index is 0.230. The Balaban J connectivity index is 1.55. The van der Waals surface area contributed by atoms with Gasteiger partial charge in [0.15, 0.2) is 5.69 Å². The number of carbonyl (C=O) groups excluding carboxylic acids is 3. The minimum Gasteiger partial charge on any atom is -0.364 e. The highest BCUT2D eigenvalue weighted by molar-refractivity contribution is 9.10. The summed E-state index contributed by atoms with van der Waals surface area (Å²) >= 11 is 3.32. The van der Waals surface area contributed by atoms with Crippen LogP contribution in [0.15, 0.2) is 46.9 Å². The molecule has 1 aliphatic rings. The molecule has 2 amide bonds. The van der Waals surface area contributed by atoms with Crippen LogP contribution in [0.3, 0.4) is 0 Å².